The van der Waals surface area contributed by atoms with Gasteiger partial charge >= 0.3 is 13.8 Å². The van der Waals surface area contributed by atoms with Crippen molar-refractivity contribution in [2.75, 3.05) is 7.11 Å². The largest absolute Gasteiger partial charge is 0.646 e. The molecule has 1 N–H and O–H groups in total. The Hall–Kier alpha value is -3.20. The molecule has 2 aromatic rings. The molecule has 1 fully saturated rings. The molecule has 0 radical (unpaired) electrons. The van der Waals surface area contributed by atoms with Gasteiger partial charge in [-0.15, -0.1) is 0 Å². The number of aliphatic hydroxyl groups is 1. The molecule has 0 spiro atoms. The van der Waals surface area contributed by atoms with Crippen LogP contribution in [0.2, 0.25) is 0 Å². The molecule has 2 aliphatic carbocycles. The molecule has 0 bridgehead atoms. The number of phosphoric ester groups is 1. The lowest BCUT2D eigenvalue weighted by molar-refractivity contribution is -0.133. The van der Waals surface area contributed by atoms with Crippen molar-refractivity contribution in [3.8, 4) is 23.3 Å². The van der Waals surface area contributed by atoms with Crippen LogP contribution in [-0.4, -0.2) is 23.8 Å². The monoisotopic (exact) mass is 454 g/mol. The zero-order valence-corrected chi connectivity index (χ0v) is 18.4. The Morgan fingerprint density at radius 2 is 1.59 bits per heavy atom. The van der Waals surface area contributed by atoms with Gasteiger partial charge in [-0.2, -0.15) is 4.57 Å². The fraction of sp³-hybridized carbons (Fsp3) is 0.292. The summed E-state index contributed by atoms with van der Waals surface area (Å²) in [6, 6.07) is 17.4. The minimum absolute atomic E-state index is 0.0242. The van der Waals surface area contributed by atoms with Gasteiger partial charge in [-0.1, -0.05) is 42.3 Å². The van der Waals surface area contributed by atoms with Gasteiger partial charge < -0.3 is 23.4 Å². The van der Waals surface area contributed by atoms with E-state index in [1.54, 1.807) is 48.5 Å². The molecular formula is C24H23O7P. The van der Waals surface area contributed by atoms with E-state index < -0.39 is 19.4 Å². The van der Waals surface area contributed by atoms with Crippen LogP contribution in [0.4, 0.5) is 0 Å². The van der Waals surface area contributed by atoms with Crippen LogP contribution in [0.15, 0.2) is 72.5 Å². The van der Waals surface area contributed by atoms with Gasteiger partial charge in [-0.05, 0) is 55.0 Å². The number of hydrogen-bond acceptors (Lipinski definition) is 7. The molecule has 8 heteroatoms. The lowest BCUT2D eigenvalue weighted by Crippen LogP contribution is -2.23. The van der Waals surface area contributed by atoms with E-state index in [1.807, 2.05) is 18.2 Å². The van der Waals surface area contributed by atoms with Gasteiger partial charge in [0, 0.05) is 12.3 Å². The van der Waals surface area contributed by atoms with Crippen molar-refractivity contribution in [3.63, 3.8) is 0 Å². The first-order valence-electron chi connectivity index (χ1n) is 10.2. The molecule has 4 rings (SSSR count). The highest BCUT2D eigenvalue weighted by Gasteiger charge is 2.47. The zero-order chi connectivity index (χ0) is 22.6. The van der Waals surface area contributed by atoms with Crippen molar-refractivity contribution in [1.29, 1.82) is 0 Å². The fourth-order valence-electron chi connectivity index (χ4n) is 4.02. The third-order valence-electron chi connectivity index (χ3n) is 5.37. The maximum atomic E-state index is 13.5. The normalized spacial score (nSPS) is 23.9. The van der Waals surface area contributed by atoms with Crippen LogP contribution in [0.1, 0.15) is 19.3 Å². The van der Waals surface area contributed by atoms with Crippen LogP contribution in [0.5, 0.6) is 11.5 Å². The average Bonchev–Trinajstić information content (AvgIpc) is 3.27. The van der Waals surface area contributed by atoms with Crippen LogP contribution < -0.4 is 9.05 Å². The molecule has 2 unspecified atom stereocenters. The first-order chi connectivity index (χ1) is 15.4. The Morgan fingerprint density at radius 1 is 1.00 bits per heavy atom. The summed E-state index contributed by atoms with van der Waals surface area (Å²) < 4.78 is 35.2. The number of carbonyl (C=O) groups excluding carboxylic acids is 1. The van der Waals surface area contributed by atoms with Gasteiger partial charge in [0.05, 0.1) is 7.11 Å². The lowest BCUT2D eigenvalue weighted by Gasteiger charge is -2.21. The maximum Gasteiger partial charge on any atom is 0.646 e. The minimum Gasteiger partial charge on any atom is -0.459 e. The predicted octanol–water partition coefficient (Wildman–Crippen LogP) is 4.49. The van der Waals surface area contributed by atoms with Crippen molar-refractivity contribution in [3.05, 3.63) is 72.5 Å². The van der Waals surface area contributed by atoms with Crippen molar-refractivity contribution in [2.24, 2.45) is 11.8 Å². The Kier molecular flexibility index (Phi) is 6.27. The molecule has 7 nitrogen and oxygen atoms in total. The van der Waals surface area contributed by atoms with Crippen LogP contribution in [0, 0.1) is 23.7 Å². The molecule has 166 valence electrons. The van der Waals surface area contributed by atoms with Crippen molar-refractivity contribution < 1.29 is 32.8 Å². The number of ether oxygens (including phenoxy) is 1. The highest BCUT2D eigenvalue weighted by atomic mass is 31.2. The van der Waals surface area contributed by atoms with Crippen molar-refractivity contribution in [2.45, 2.75) is 24.9 Å². The Labute approximate surface area is 186 Å². The number of esters is 1. The summed E-state index contributed by atoms with van der Waals surface area (Å²) in [5, 5.41) is 10.7. The molecule has 32 heavy (non-hydrogen) atoms. The predicted molar refractivity (Wildman–Crippen MR) is 116 cm³/mol. The van der Waals surface area contributed by atoms with Crippen LogP contribution in [-0.2, 0) is 18.6 Å². The summed E-state index contributed by atoms with van der Waals surface area (Å²) in [6.45, 7) is 0. The zero-order valence-electron chi connectivity index (χ0n) is 17.5. The van der Waals surface area contributed by atoms with E-state index >= 15 is 0 Å². The average molecular weight is 454 g/mol. The standard InChI is InChI=1S/C24H23O7P/c1-28-23(25)12-13-24(26)16-18-14-22(15-19(18)17-24)31-32(27,29-20-8-4-2-5-9-20)30-21-10-6-3-7-11-21/h2-11,14,18-19,26H,15-17H2,1H3/t18?,19?,24-/m1/s1. The van der Waals surface area contributed by atoms with Crippen molar-refractivity contribution >= 4 is 13.8 Å². The molecule has 2 aromatic carbocycles. The Morgan fingerprint density at radius 3 is 2.12 bits per heavy atom. The van der Waals surface area contributed by atoms with Gasteiger partial charge in [0.25, 0.3) is 0 Å². The summed E-state index contributed by atoms with van der Waals surface area (Å²) in [7, 11) is -2.79. The number of phosphoric acid groups is 1. The maximum absolute atomic E-state index is 13.5. The molecule has 0 heterocycles. The van der Waals surface area contributed by atoms with E-state index in [0.717, 1.165) is 0 Å². The highest BCUT2D eigenvalue weighted by molar-refractivity contribution is 7.49. The van der Waals surface area contributed by atoms with Gasteiger partial charge in [-0.3, -0.25) is 0 Å². The van der Waals surface area contributed by atoms with E-state index in [9.17, 15) is 14.5 Å². The molecule has 2 aliphatic rings. The van der Waals surface area contributed by atoms with Gasteiger partial charge in [0.1, 0.15) is 22.9 Å². The number of para-hydroxylation sites is 2. The topological polar surface area (TPSA) is 91.3 Å². The quantitative estimate of drug-likeness (QED) is 0.298. The van der Waals surface area contributed by atoms with E-state index in [2.05, 4.69) is 16.6 Å². The first kappa shape index (κ1) is 22.0. The first-order valence-corrected chi connectivity index (χ1v) is 11.7. The minimum atomic E-state index is -4.03. The third kappa shape index (κ3) is 5.34. The lowest BCUT2D eigenvalue weighted by atomic mass is 9.99. The summed E-state index contributed by atoms with van der Waals surface area (Å²) in [4.78, 5) is 11.3. The summed E-state index contributed by atoms with van der Waals surface area (Å²) >= 11 is 0. The summed E-state index contributed by atoms with van der Waals surface area (Å²) in [5.41, 5.74) is -1.27. The van der Waals surface area contributed by atoms with E-state index in [0.29, 0.717) is 36.5 Å². The van der Waals surface area contributed by atoms with E-state index in [1.165, 1.54) is 7.11 Å². The Balaban J connectivity index is 1.50. The number of benzene rings is 2. The molecule has 0 aromatic heterocycles. The van der Waals surface area contributed by atoms with Gasteiger partial charge in [0.15, 0.2) is 0 Å². The smallest absolute Gasteiger partial charge is 0.459 e. The fourth-order valence-corrected chi connectivity index (χ4v) is 5.31. The van der Waals surface area contributed by atoms with Gasteiger partial charge in [0.2, 0.25) is 0 Å². The second-order valence-electron chi connectivity index (χ2n) is 7.79. The van der Waals surface area contributed by atoms with Crippen LogP contribution in [0.25, 0.3) is 0 Å². The summed E-state index contributed by atoms with van der Waals surface area (Å²) in [6.07, 6.45) is 3.00. The number of allylic oxidation sites excluding steroid dienone is 2. The molecule has 0 aliphatic heterocycles. The third-order valence-corrected chi connectivity index (χ3v) is 6.70. The molecular weight excluding hydrogens is 431 g/mol. The SMILES string of the molecule is COC(=O)C#C[C@@]1(O)CC2C=C(OP(=O)(Oc3ccccc3)Oc3ccccc3)CC2C1. The van der Waals surface area contributed by atoms with Gasteiger partial charge in [-0.25, -0.2) is 4.79 Å². The highest BCUT2D eigenvalue weighted by Crippen LogP contribution is 2.55. The molecule has 1 saturated carbocycles. The molecule has 3 atom stereocenters. The Bertz CT molecular complexity index is 1060. The second kappa shape index (κ2) is 9.12. The van der Waals surface area contributed by atoms with Crippen molar-refractivity contribution in [1.82, 2.24) is 0 Å². The number of carbonyl (C=O) groups is 1. The number of rotatable bonds is 6. The molecule has 0 saturated heterocycles. The van der Waals surface area contributed by atoms with Crippen LogP contribution in [0.3, 0.4) is 0 Å². The molecule has 0 amide bonds. The van der Waals surface area contributed by atoms with E-state index in [4.69, 9.17) is 13.6 Å². The number of methoxy groups -OCH3 is 1. The number of fused-ring (bicyclic) bond motifs is 1. The summed E-state index contributed by atoms with van der Waals surface area (Å²) in [5.74, 6) is 5.47. The number of hydrogen-bond donors (Lipinski definition) is 1. The van der Waals surface area contributed by atoms with Crippen LogP contribution >= 0.6 is 7.82 Å². The second-order valence-corrected chi connectivity index (χ2v) is 9.23. The van der Waals surface area contributed by atoms with E-state index in [-0.39, 0.29) is 11.8 Å².